The summed E-state index contributed by atoms with van der Waals surface area (Å²) in [5.74, 6) is 0. The molecule has 0 bridgehead atoms. The summed E-state index contributed by atoms with van der Waals surface area (Å²) in [6, 6.07) is 0. The maximum Gasteiger partial charge on any atom is 0.225 e. The van der Waals surface area contributed by atoms with Gasteiger partial charge in [-0.2, -0.15) is 0 Å². The summed E-state index contributed by atoms with van der Waals surface area (Å²) in [5, 5.41) is 0. The zero-order valence-electron chi connectivity index (χ0n) is 6.53. The summed E-state index contributed by atoms with van der Waals surface area (Å²) in [6.45, 7) is 1.03. The van der Waals surface area contributed by atoms with E-state index in [4.69, 9.17) is 0 Å². The van der Waals surface area contributed by atoms with Crippen molar-refractivity contribution in [3.8, 4) is 0 Å². The van der Waals surface area contributed by atoms with Gasteiger partial charge in [-0.05, 0) is 14.1 Å². The Morgan fingerprint density at radius 1 is 1.40 bits per heavy atom. The maximum absolute atomic E-state index is 10.4. The quantitative estimate of drug-likeness (QED) is 0.543. The molecule has 0 aliphatic heterocycles. The topological polar surface area (TPSA) is 51.5 Å². The Labute approximate surface area is 62.3 Å². The van der Waals surface area contributed by atoms with Crippen molar-refractivity contribution < 1.29 is 8.42 Å². The number of hydrogen-bond acceptors (Lipinski definition) is 3. The molecule has 0 rings (SSSR count). The standard InChI is InChI=1S/C5H13N2O2S/c1-7(2)5-4-6-10(3,8)9/h4-5H2,1-3H3. The van der Waals surface area contributed by atoms with Crippen LogP contribution in [0.5, 0.6) is 0 Å². The van der Waals surface area contributed by atoms with Gasteiger partial charge in [0.25, 0.3) is 0 Å². The molecule has 61 valence electrons. The van der Waals surface area contributed by atoms with Gasteiger partial charge < -0.3 is 4.90 Å². The van der Waals surface area contributed by atoms with Crippen LogP contribution in [0.4, 0.5) is 0 Å². The van der Waals surface area contributed by atoms with E-state index >= 15 is 0 Å². The zero-order valence-corrected chi connectivity index (χ0v) is 7.35. The van der Waals surface area contributed by atoms with Crippen LogP contribution in [-0.2, 0) is 10.0 Å². The highest BCUT2D eigenvalue weighted by Gasteiger charge is 2.00. The predicted molar refractivity (Wildman–Crippen MR) is 40.4 cm³/mol. The molecule has 0 aromatic heterocycles. The van der Waals surface area contributed by atoms with E-state index in [9.17, 15) is 8.42 Å². The fourth-order valence-electron chi connectivity index (χ4n) is 0.407. The highest BCUT2D eigenvalue weighted by molar-refractivity contribution is 7.88. The van der Waals surface area contributed by atoms with Crippen LogP contribution < -0.4 is 4.72 Å². The van der Waals surface area contributed by atoms with Crippen molar-refractivity contribution >= 4 is 10.0 Å². The first-order chi connectivity index (χ1) is 4.42. The Bertz CT molecular complexity index is 174. The number of likely N-dealkylation sites (N-methyl/N-ethyl adjacent to an activating group) is 1. The van der Waals surface area contributed by atoms with Crippen molar-refractivity contribution in [3.63, 3.8) is 0 Å². The Balaban J connectivity index is 3.39. The smallest absolute Gasteiger partial charge is 0.225 e. The van der Waals surface area contributed by atoms with E-state index in [-0.39, 0.29) is 0 Å². The zero-order chi connectivity index (χ0) is 8.20. The molecule has 0 spiro atoms. The van der Waals surface area contributed by atoms with Crippen LogP contribution in [-0.4, -0.2) is 46.8 Å². The van der Waals surface area contributed by atoms with Gasteiger partial charge in [-0.1, -0.05) is 0 Å². The van der Waals surface area contributed by atoms with E-state index in [1.807, 2.05) is 19.0 Å². The third-order valence-corrected chi connectivity index (χ3v) is 1.52. The Morgan fingerprint density at radius 2 is 1.90 bits per heavy atom. The largest absolute Gasteiger partial charge is 0.308 e. The number of nitrogens with zero attached hydrogens (tertiary/aromatic N) is 2. The van der Waals surface area contributed by atoms with Crippen LogP contribution in [0.3, 0.4) is 0 Å². The second-order valence-corrected chi connectivity index (χ2v) is 4.11. The van der Waals surface area contributed by atoms with Crippen molar-refractivity contribution in [2.24, 2.45) is 0 Å². The third-order valence-electron chi connectivity index (χ3n) is 0.873. The van der Waals surface area contributed by atoms with Gasteiger partial charge in [0.15, 0.2) is 0 Å². The van der Waals surface area contributed by atoms with Crippen molar-refractivity contribution in [2.45, 2.75) is 0 Å². The summed E-state index contributed by atoms with van der Waals surface area (Å²) in [6.07, 6.45) is 1.10. The Kier molecular flexibility index (Phi) is 3.85. The average molecular weight is 165 g/mol. The molecule has 0 fully saturated rings. The fraction of sp³-hybridized carbons (Fsp3) is 1.00. The molecule has 10 heavy (non-hydrogen) atoms. The molecular formula is C5H13N2O2S. The van der Waals surface area contributed by atoms with E-state index in [1.165, 1.54) is 0 Å². The molecule has 0 aliphatic carbocycles. The van der Waals surface area contributed by atoms with Gasteiger partial charge in [0, 0.05) is 13.1 Å². The number of hydrogen-bond donors (Lipinski definition) is 0. The van der Waals surface area contributed by atoms with Gasteiger partial charge in [-0.25, -0.2) is 8.42 Å². The van der Waals surface area contributed by atoms with Crippen molar-refractivity contribution in [1.29, 1.82) is 0 Å². The second kappa shape index (κ2) is 3.90. The second-order valence-electron chi connectivity index (χ2n) is 2.39. The summed E-state index contributed by atoms with van der Waals surface area (Å²) in [5.41, 5.74) is 0. The lowest BCUT2D eigenvalue weighted by Crippen LogP contribution is -2.25. The lowest BCUT2D eigenvalue weighted by atomic mass is 10.6. The van der Waals surface area contributed by atoms with Gasteiger partial charge in [0.05, 0.1) is 6.26 Å². The van der Waals surface area contributed by atoms with Gasteiger partial charge in [-0.3, -0.25) is 0 Å². The summed E-state index contributed by atoms with van der Waals surface area (Å²) in [7, 11) is 0.624. The minimum Gasteiger partial charge on any atom is -0.308 e. The van der Waals surface area contributed by atoms with Crippen LogP contribution in [0.1, 0.15) is 0 Å². The molecule has 0 aromatic rings. The summed E-state index contributed by atoms with van der Waals surface area (Å²) < 4.78 is 24.3. The molecule has 0 heterocycles. The van der Waals surface area contributed by atoms with E-state index in [0.717, 1.165) is 6.26 Å². The van der Waals surface area contributed by atoms with Crippen LogP contribution >= 0.6 is 0 Å². The third kappa shape index (κ3) is 7.87. The van der Waals surface area contributed by atoms with Crippen LogP contribution in [0.15, 0.2) is 0 Å². The lowest BCUT2D eigenvalue weighted by Gasteiger charge is -2.06. The van der Waals surface area contributed by atoms with Gasteiger partial charge in [0.2, 0.25) is 10.0 Å². The summed E-state index contributed by atoms with van der Waals surface area (Å²) in [4.78, 5) is 1.88. The normalized spacial score (nSPS) is 12.4. The first-order valence-corrected chi connectivity index (χ1v) is 4.80. The molecule has 0 saturated carbocycles. The molecule has 4 nitrogen and oxygen atoms in total. The molecule has 0 unspecified atom stereocenters. The average Bonchev–Trinajstić information content (AvgIpc) is 1.59. The van der Waals surface area contributed by atoms with Crippen LogP contribution in [0.25, 0.3) is 0 Å². The molecule has 0 amide bonds. The molecule has 0 saturated heterocycles. The van der Waals surface area contributed by atoms with Gasteiger partial charge in [0.1, 0.15) is 0 Å². The Hall–Kier alpha value is -0.130. The first kappa shape index (κ1) is 9.87. The Morgan fingerprint density at radius 3 is 2.20 bits per heavy atom. The highest BCUT2D eigenvalue weighted by atomic mass is 32.2. The fourth-order valence-corrected chi connectivity index (χ4v) is 0.820. The molecule has 0 aliphatic rings. The van der Waals surface area contributed by atoms with E-state index in [1.54, 1.807) is 0 Å². The molecule has 1 radical (unpaired) electrons. The van der Waals surface area contributed by atoms with E-state index < -0.39 is 10.0 Å². The number of sulfonamides is 1. The molecule has 0 aromatic carbocycles. The maximum atomic E-state index is 10.4. The SMILES string of the molecule is CN(C)CC[N]S(C)(=O)=O. The van der Waals surface area contributed by atoms with Gasteiger partial charge in [-0.15, -0.1) is 4.72 Å². The van der Waals surface area contributed by atoms with Crippen LogP contribution in [0, 0.1) is 0 Å². The van der Waals surface area contributed by atoms with Crippen LogP contribution in [0.2, 0.25) is 0 Å². The molecule has 5 heteroatoms. The lowest BCUT2D eigenvalue weighted by molar-refractivity contribution is 0.411. The highest BCUT2D eigenvalue weighted by Crippen LogP contribution is 1.78. The van der Waals surface area contributed by atoms with Gasteiger partial charge >= 0.3 is 0 Å². The molecule has 0 atom stereocenters. The minimum atomic E-state index is -3.12. The van der Waals surface area contributed by atoms with E-state index in [2.05, 4.69) is 4.72 Å². The first-order valence-electron chi connectivity index (χ1n) is 2.95. The monoisotopic (exact) mass is 165 g/mol. The minimum absolute atomic E-state index is 0.353. The number of rotatable bonds is 4. The van der Waals surface area contributed by atoms with Crippen molar-refractivity contribution in [3.05, 3.63) is 0 Å². The van der Waals surface area contributed by atoms with E-state index in [0.29, 0.717) is 13.1 Å². The summed E-state index contributed by atoms with van der Waals surface area (Å²) >= 11 is 0. The molecule has 0 N–H and O–H groups in total. The van der Waals surface area contributed by atoms with Crippen molar-refractivity contribution in [1.82, 2.24) is 9.62 Å². The molecular weight excluding hydrogens is 152 g/mol. The van der Waals surface area contributed by atoms with Crippen molar-refractivity contribution in [2.75, 3.05) is 33.4 Å². The predicted octanol–water partition coefficient (Wildman–Crippen LogP) is -0.888.